The standard InChI is InChI=1S/C22H26N2O3/c1-2-27-18-10-6-4-8-16(18)21(26)24-19-15-7-3-5-9-17(15)22(20(19)25)11-13-23-14-12-22/h3-10,19-20,23,25H,2,11-14H2,1H3,(H,24,26)/t19-,20+/m1/s1. The number of piperidine rings is 1. The first kappa shape index (κ1) is 18.0. The van der Waals surface area contributed by atoms with Crippen LogP contribution in [0.1, 0.15) is 47.3 Å². The molecule has 0 aromatic heterocycles. The third-order valence-electron chi connectivity index (χ3n) is 5.93. The molecule has 1 amide bonds. The number of fused-ring (bicyclic) bond motifs is 2. The van der Waals surface area contributed by atoms with Crippen molar-refractivity contribution in [3.8, 4) is 5.75 Å². The van der Waals surface area contributed by atoms with E-state index in [-0.39, 0.29) is 11.3 Å². The van der Waals surface area contributed by atoms with Gasteiger partial charge in [-0.1, -0.05) is 36.4 Å². The summed E-state index contributed by atoms with van der Waals surface area (Å²) >= 11 is 0. The van der Waals surface area contributed by atoms with Crippen LogP contribution in [0.2, 0.25) is 0 Å². The summed E-state index contributed by atoms with van der Waals surface area (Å²) in [6, 6.07) is 14.9. The van der Waals surface area contributed by atoms with E-state index < -0.39 is 12.1 Å². The molecule has 142 valence electrons. The minimum absolute atomic E-state index is 0.219. The number of amides is 1. The van der Waals surface area contributed by atoms with Crippen LogP contribution >= 0.6 is 0 Å². The van der Waals surface area contributed by atoms with Gasteiger partial charge in [0.15, 0.2) is 0 Å². The van der Waals surface area contributed by atoms with Crippen LogP contribution in [0.15, 0.2) is 48.5 Å². The molecule has 0 saturated carbocycles. The van der Waals surface area contributed by atoms with Gasteiger partial charge in [0.2, 0.25) is 0 Å². The van der Waals surface area contributed by atoms with Crippen molar-refractivity contribution in [3.05, 3.63) is 65.2 Å². The van der Waals surface area contributed by atoms with Crippen molar-refractivity contribution >= 4 is 5.91 Å². The zero-order valence-corrected chi connectivity index (χ0v) is 15.6. The molecular weight excluding hydrogens is 340 g/mol. The average molecular weight is 366 g/mol. The molecule has 0 unspecified atom stereocenters. The zero-order chi connectivity index (χ0) is 18.9. The van der Waals surface area contributed by atoms with Gasteiger partial charge < -0.3 is 20.5 Å². The van der Waals surface area contributed by atoms with E-state index in [1.165, 1.54) is 5.56 Å². The molecule has 1 aliphatic heterocycles. The fourth-order valence-electron chi connectivity index (χ4n) is 4.62. The molecule has 2 atom stereocenters. The Kier molecular flexibility index (Phi) is 4.89. The normalized spacial score (nSPS) is 23.0. The summed E-state index contributed by atoms with van der Waals surface area (Å²) in [5, 5.41) is 17.7. The number of aliphatic hydroxyl groups is 1. The molecule has 4 rings (SSSR count). The van der Waals surface area contributed by atoms with Crippen LogP contribution in [0.4, 0.5) is 0 Å². The lowest BCUT2D eigenvalue weighted by molar-refractivity contribution is 0.0417. The van der Waals surface area contributed by atoms with Gasteiger partial charge in [-0.15, -0.1) is 0 Å². The van der Waals surface area contributed by atoms with Crippen molar-refractivity contribution in [3.63, 3.8) is 0 Å². The summed E-state index contributed by atoms with van der Waals surface area (Å²) in [6.07, 6.45) is 1.10. The summed E-state index contributed by atoms with van der Waals surface area (Å²) in [5.74, 6) is 0.346. The summed E-state index contributed by atoms with van der Waals surface area (Å²) in [6.45, 7) is 4.14. The number of hydrogen-bond donors (Lipinski definition) is 3. The summed E-state index contributed by atoms with van der Waals surface area (Å²) in [5.41, 5.74) is 2.39. The summed E-state index contributed by atoms with van der Waals surface area (Å²) in [7, 11) is 0. The van der Waals surface area contributed by atoms with E-state index in [2.05, 4.69) is 16.7 Å². The van der Waals surface area contributed by atoms with Crippen LogP contribution in [0.5, 0.6) is 5.75 Å². The molecule has 3 N–H and O–H groups in total. The number of rotatable bonds is 4. The molecule has 1 aliphatic carbocycles. The Morgan fingerprint density at radius 2 is 1.89 bits per heavy atom. The van der Waals surface area contributed by atoms with E-state index in [1.54, 1.807) is 12.1 Å². The summed E-state index contributed by atoms with van der Waals surface area (Å²) < 4.78 is 5.60. The number of nitrogens with one attached hydrogen (secondary N) is 2. The Morgan fingerprint density at radius 1 is 1.19 bits per heavy atom. The first-order chi connectivity index (χ1) is 13.2. The highest BCUT2D eigenvalue weighted by atomic mass is 16.5. The first-order valence-electron chi connectivity index (χ1n) is 9.68. The van der Waals surface area contributed by atoms with E-state index in [4.69, 9.17) is 4.74 Å². The Labute approximate surface area is 159 Å². The monoisotopic (exact) mass is 366 g/mol. The molecular formula is C22H26N2O3. The van der Waals surface area contributed by atoms with Crippen LogP contribution in [0.25, 0.3) is 0 Å². The second kappa shape index (κ2) is 7.33. The van der Waals surface area contributed by atoms with Gasteiger partial charge in [-0.3, -0.25) is 4.79 Å². The molecule has 0 radical (unpaired) electrons. The number of hydrogen-bond acceptors (Lipinski definition) is 4. The maximum Gasteiger partial charge on any atom is 0.255 e. The smallest absolute Gasteiger partial charge is 0.255 e. The van der Waals surface area contributed by atoms with E-state index >= 15 is 0 Å². The molecule has 5 nitrogen and oxygen atoms in total. The molecule has 2 aliphatic rings. The van der Waals surface area contributed by atoms with Gasteiger partial charge in [0, 0.05) is 5.41 Å². The molecule has 0 bridgehead atoms. The van der Waals surface area contributed by atoms with E-state index in [9.17, 15) is 9.90 Å². The zero-order valence-electron chi connectivity index (χ0n) is 15.6. The lowest BCUT2D eigenvalue weighted by Crippen LogP contribution is -2.48. The Balaban J connectivity index is 1.66. The van der Waals surface area contributed by atoms with Crippen LogP contribution in [-0.2, 0) is 5.41 Å². The summed E-state index contributed by atoms with van der Waals surface area (Å²) in [4.78, 5) is 13.0. The van der Waals surface area contributed by atoms with Gasteiger partial charge in [-0.05, 0) is 56.1 Å². The number of para-hydroxylation sites is 1. The van der Waals surface area contributed by atoms with Crippen molar-refractivity contribution in [2.45, 2.75) is 37.3 Å². The fourth-order valence-corrected chi connectivity index (χ4v) is 4.62. The highest BCUT2D eigenvalue weighted by Gasteiger charge is 2.52. The topological polar surface area (TPSA) is 70.6 Å². The van der Waals surface area contributed by atoms with E-state index in [0.29, 0.717) is 17.9 Å². The third kappa shape index (κ3) is 3.01. The van der Waals surface area contributed by atoms with Crippen molar-refractivity contribution in [2.75, 3.05) is 19.7 Å². The predicted octanol–water partition coefficient (Wildman–Crippen LogP) is 2.55. The SMILES string of the molecule is CCOc1ccccc1C(=O)N[C@@H]1c2ccccc2C2(CCNCC2)[C@H]1O. The van der Waals surface area contributed by atoms with Gasteiger partial charge >= 0.3 is 0 Å². The van der Waals surface area contributed by atoms with Crippen molar-refractivity contribution < 1.29 is 14.6 Å². The third-order valence-corrected chi connectivity index (χ3v) is 5.93. The van der Waals surface area contributed by atoms with Crippen LogP contribution in [0, 0.1) is 0 Å². The van der Waals surface area contributed by atoms with Crippen LogP contribution < -0.4 is 15.4 Å². The second-order valence-electron chi connectivity index (χ2n) is 7.32. The molecule has 2 aromatic rings. The van der Waals surface area contributed by atoms with E-state index in [0.717, 1.165) is 31.5 Å². The Hall–Kier alpha value is -2.37. The molecule has 1 fully saturated rings. The minimum atomic E-state index is -0.639. The number of ether oxygens (including phenoxy) is 1. The van der Waals surface area contributed by atoms with Gasteiger partial charge in [-0.25, -0.2) is 0 Å². The Morgan fingerprint density at radius 3 is 2.67 bits per heavy atom. The molecule has 2 aromatic carbocycles. The number of benzene rings is 2. The largest absolute Gasteiger partial charge is 0.493 e. The van der Waals surface area contributed by atoms with Crippen molar-refractivity contribution in [2.24, 2.45) is 0 Å². The average Bonchev–Trinajstić information content (AvgIpc) is 2.92. The maximum absolute atomic E-state index is 13.0. The molecule has 27 heavy (non-hydrogen) atoms. The van der Waals surface area contributed by atoms with Gasteiger partial charge in [0.1, 0.15) is 5.75 Å². The highest BCUT2D eigenvalue weighted by molar-refractivity contribution is 5.97. The molecule has 5 heteroatoms. The van der Waals surface area contributed by atoms with Crippen molar-refractivity contribution in [1.82, 2.24) is 10.6 Å². The quantitative estimate of drug-likeness (QED) is 0.778. The van der Waals surface area contributed by atoms with E-state index in [1.807, 2.05) is 37.3 Å². The maximum atomic E-state index is 13.0. The van der Waals surface area contributed by atoms with Crippen molar-refractivity contribution in [1.29, 1.82) is 0 Å². The van der Waals surface area contributed by atoms with Crippen LogP contribution in [0.3, 0.4) is 0 Å². The van der Waals surface area contributed by atoms with Gasteiger partial charge in [-0.2, -0.15) is 0 Å². The van der Waals surface area contributed by atoms with Gasteiger partial charge in [0.05, 0.1) is 24.3 Å². The molecule has 1 heterocycles. The van der Waals surface area contributed by atoms with Crippen LogP contribution in [-0.4, -0.2) is 36.8 Å². The molecule has 1 saturated heterocycles. The fraction of sp³-hybridized carbons (Fsp3) is 0.409. The second-order valence-corrected chi connectivity index (χ2v) is 7.32. The lowest BCUT2D eigenvalue weighted by atomic mass is 9.72. The lowest BCUT2D eigenvalue weighted by Gasteiger charge is -2.38. The highest BCUT2D eigenvalue weighted by Crippen LogP contribution is 2.50. The van der Waals surface area contributed by atoms with Gasteiger partial charge in [0.25, 0.3) is 5.91 Å². The molecule has 1 spiro atoms. The first-order valence-corrected chi connectivity index (χ1v) is 9.68. The number of aliphatic hydroxyl groups excluding tert-OH is 1. The minimum Gasteiger partial charge on any atom is -0.493 e. The number of carbonyl (C=O) groups excluding carboxylic acids is 1. The Bertz CT molecular complexity index is 830. The predicted molar refractivity (Wildman–Crippen MR) is 104 cm³/mol. The number of carbonyl (C=O) groups is 1.